The second-order valence-corrected chi connectivity index (χ2v) is 7.53. The van der Waals surface area contributed by atoms with Gasteiger partial charge in [0.1, 0.15) is 6.61 Å². The highest BCUT2D eigenvalue weighted by Crippen LogP contribution is 2.39. The summed E-state index contributed by atoms with van der Waals surface area (Å²) in [6, 6.07) is 15.6. The lowest BCUT2D eigenvalue weighted by molar-refractivity contribution is 0.0473. The van der Waals surface area contributed by atoms with Crippen LogP contribution in [0.25, 0.3) is 10.9 Å². The molecule has 4 rings (SSSR count). The second-order valence-electron chi connectivity index (χ2n) is 7.53. The summed E-state index contributed by atoms with van der Waals surface area (Å²) in [5.74, 6) is 1.10. The number of nitrogens with one attached hydrogen (secondary N) is 1. The number of esters is 1. The molecule has 0 amide bonds. The zero-order valence-corrected chi connectivity index (χ0v) is 15.2. The molecule has 2 atom stereocenters. The summed E-state index contributed by atoms with van der Waals surface area (Å²) in [5.41, 5.74) is 4.07. The van der Waals surface area contributed by atoms with Crippen LogP contribution in [-0.2, 0) is 11.3 Å². The SMILES string of the molecule is CC1CCCC(c2c[nH]c3ccc(C(=O)OCc4ccccc4)cc23)C1. The lowest BCUT2D eigenvalue weighted by Crippen LogP contribution is -2.11. The number of benzene rings is 2. The number of carbonyl (C=O) groups excluding carboxylic acids is 1. The molecule has 1 N–H and O–H groups in total. The van der Waals surface area contributed by atoms with Crippen molar-refractivity contribution in [3.8, 4) is 0 Å². The van der Waals surface area contributed by atoms with Crippen molar-refractivity contribution in [2.24, 2.45) is 5.92 Å². The Balaban J connectivity index is 1.54. The molecular formula is C23H25NO2. The molecule has 0 spiro atoms. The van der Waals surface area contributed by atoms with Crippen molar-refractivity contribution in [1.29, 1.82) is 0 Å². The summed E-state index contributed by atoms with van der Waals surface area (Å²) < 4.78 is 5.49. The van der Waals surface area contributed by atoms with Gasteiger partial charge < -0.3 is 9.72 Å². The summed E-state index contributed by atoms with van der Waals surface area (Å²) in [7, 11) is 0. The van der Waals surface area contributed by atoms with E-state index in [1.807, 2.05) is 48.5 Å². The van der Waals surface area contributed by atoms with Gasteiger partial charge in [-0.25, -0.2) is 4.79 Å². The molecule has 2 unspecified atom stereocenters. The quantitative estimate of drug-likeness (QED) is 0.604. The van der Waals surface area contributed by atoms with Crippen molar-refractivity contribution in [1.82, 2.24) is 4.98 Å². The Kier molecular flexibility index (Phi) is 4.79. The summed E-state index contributed by atoms with van der Waals surface area (Å²) in [5, 5.41) is 1.17. The zero-order valence-electron chi connectivity index (χ0n) is 15.2. The van der Waals surface area contributed by atoms with Crippen LogP contribution in [0.2, 0.25) is 0 Å². The predicted molar refractivity (Wildman–Crippen MR) is 104 cm³/mol. The van der Waals surface area contributed by atoms with Crippen molar-refractivity contribution in [2.45, 2.75) is 45.1 Å². The monoisotopic (exact) mass is 347 g/mol. The molecule has 134 valence electrons. The fourth-order valence-electron chi connectivity index (χ4n) is 4.13. The van der Waals surface area contributed by atoms with Crippen molar-refractivity contribution in [3.63, 3.8) is 0 Å². The maximum Gasteiger partial charge on any atom is 0.338 e. The smallest absolute Gasteiger partial charge is 0.338 e. The molecule has 0 bridgehead atoms. The standard InChI is InChI=1S/C23H25NO2/c1-16-6-5-9-18(12-16)21-14-24-22-11-10-19(13-20(21)22)23(25)26-15-17-7-3-2-4-8-17/h2-4,7-8,10-11,13-14,16,18,24H,5-6,9,12,15H2,1H3. The fraction of sp³-hybridized carbons (Fsp3) is 0.348. The minimum atomic E-state index is -0.264. The molecule has 1 aliphatic rings. The number of fused-ring (bicyclic) bond motifs is 1. The average Bonchev–Trinajstić information content (AvgIpc) is 3.10. The Labute approximate surface area is 154 Å². The zero-order chi connectivity index (χ0) is 17.9. The first kappa shape index (κ1) is 16.9. The summed E-state index contributed by atoms with van der Waals surface area (Å²) in [4.78, 5) is 15.9. The van der Waals surface area contributed by atoms with E-state index in [-0.39, 0.29) is 5.97 Å². The van der Waals surface area contributed by atoms with E-state index in [0.717, 1.165) is 17.0 Å². The van der Waals surface area contributed by atoms with Crippen LogP contribution in [0.5, 0.6) is 0 Å². The third kappa shape index (κ3) is 3.52. The normalized spacial score (nSPS) is 20.2. The predicted octanol–water partition coefficient (Wildman–Crippen LogP) is 5.82. The molecular weight excluding hydrogens is 322 g/mol. The van der Waals surface area contributed by atoms with Gasteiger partial charge in [-0.1, -0.05) is 50.1 Å². The molecule has 0 saturated heterocycles. The Morgan fingerprint density at radius 1 is 1.15 bits per heavy atom. The average molecular weight is 347 g/mol. The molecule has 1 aliphatic carbocycles. The topological polar surface area (TPSA) is 42.1 Å². The highest BCUT2D eigenvalue weighted by molar-refractivity contribution is 5.95. The first-order valence-corrected chi connectivity index (χ1v) is 9.53. The Hall–Kier alpha value is -2.55. The van der Waals surface area contributed by atoms with Crippen LogP contribution in [-0.4, -0.2) is 11.0 Å². The molecule has 0 aliphatic heterocycles. The van der Waals surface area contributed by atoms with Crippen LogP contribution in [0.4, 0.5) is 0 Å². The van der Waals surface area contributed by atoms with E-state index in [1.165, 1.54) is 36.6 Å². The Morgan fingerprint density at radius 2 is 2.00 bits per heavy atom. The largest absolute Gasteiger partial charge is 0.457 e. The first-order chi connectivity index (χ1) is 12.7. The molecule has 3 heteroatoms. The third-order valence-electron chi connectivity index (χ3n) is 5.54. The van der Waals surface area contributed by atoms with E-state index in [4.69, 9.17) is 4.74 Å². The van der Waals surface area contributed by atoms with Crippen LogP contribution in [0.1, 0.15) is 60.0 Å². The third-order valence-corrected chi connectivity index (χ3v) is 5.54. The number of aromatic amines is 1. The lowest BCUT2D eigenvalue weighted by Gasteiger charge is -2.26. The number of hydrogen-bond acceptors (Lipinski definition) is 2. The molecule has 1 fully saturated rings. The number of aromatic nitrogens is 1. The van der Waals surface area contributed by atoms with Crippen LogP contribution in [0.15, 0.2) is 54.7 Å². The Bertz CT molecular complexity index is 897. The van der Waals surface area contributed by atoms with Crippen LogP contribution < -0.4 is 0 Å². The number of carbonyl (C=O) groups is 1. The van der Waals surface area contributed by atoms with Gasteiger partial charge >= 0.3 is 5.97 Å². The minimum absolute atomic E-state index is 0.264. The van der Waals surface area contributed by atoms with Crippen LogP contribution in [0, 0.1) is 5.92 Å². The van der Waals surface area contributed by atoms with E-state index < -0.39 is 0 Å². The van der Waals surface area contributed by atoms with Gasteiger partial charge in [0, 0.05) is 17.1 Å². The molecule has 2 aromatic carbocycles. The van der Waals surface area contributed by atoms with Gasteiger partial charge in [0.05, 0.1) is 5.56 Å². The van der Waals surface area contributed by atoms with E-state index in [1.54, 1.807) is 0 Å². The summed E-state index contributed by atoms with van der Waals surface area (Å²) >= 11 is 0. The van der Waals surface area contributed by atoms with Gasteiger partial charge in [-0.2, -0.15) is 0 Å². The number of ether oxygens (including phenoxy) is 1. The van der Waals surface area contributed by atoms with E-state index in [2.05, 4.69) is 18.1 Å². The second kappa shape index (κ2) is 7.36. The van der Waals surface area contributed by atoms with Crippen molar-refractivity contribution in [2.75, 3.05) is 0 Å². The van der Waals surface area contributed by atoms with E-state index in [0.29, 0.717) is 18.1 Å². The number of hydrogen-bond donors (Lipinski definition) is 1. The fourth-order valence-corrected chi connectivity index (χ4v) is 4.13. The molecule has 1 heterocycles. The number of H-pyrrole nitrogens is 1. The van der Waals surface area contributed by atoms with Gasteiger partial charge in [0.25, 0.3) is 0 Å². The molecule has 1 aromatic heterocycles. The highest BCUT2D eigenvalue weighted by atomic mass is 16.5. The first-order valence-electron chi connectivity index (χ1n) is 9.53. The molecule has 1 saturated carbocycles. The van der Waals surface area contributed by atoms with Crippen molar-refractivity contribution >= 4 is 16.9 Å². The van der Waals surface area contributed by atoms with Crippen molar-refractivity contribution < 1.29 is 9.53 Å². The lowest BCUT2D eigenvalue weighted by atomic mass is 9.79. The van der Waals surface area contributed by atoms with Crippen LogP contribution >= 0.6 is 0 Å². The van der Waals surface area contributed by atoms with E-state index >= 15 is 0 Å². The van der Waals surface area contributed by atoms with Crippen molar-refractivity contribution in [3.05, 3.63) is 71.4 Å². The van der Waals surface area contributed by atoms with Gasteiger partial charge in [0.15, 0.2) is 0 Å². The van der Waals surface area contributed by atoms with E-state index in [9.17, 15) is 4.79 Å². The van der Waals surface area contributed by atoms with Gasteiger partial charge in [-0.3, -0.25) is 0 Å². The maximum absolute atomic E-state index is 12.5. The number of rotatable bonds is 4. The summed E-state index contributed by atoms with van der Waals surface area (Å²) in [6.07, 6.45) is 7.22. The van der Waals surface area contributed by atoms with Gasteiger partial charge in [-0.15, -0.1) is 0 Å². The summed E-state index contributed by atoms with van der Waals surface area (Å²) in [6.45, 7) is 2.64. The maximum atomic E-state index is 12.5. The molecule has 0 radical (unpaired) electrons. The minimum Gasteiger partial charge on any atom is -0.457 e. The Morgan fingerprint density at radius 3 is 2.81 bits per heavy atom. The van der Waals surface area contributed by atoms with Gasteiger partial charge in [-0.05, 0) is 54.0 Å². The highest BCUT2D eigenvalue weighted by Gasteiger charge is 2.23. The molecule has 26 heavy (non-hydrogen) atoms. The van der Waals surface area contributed by atoms with Crippen LogP contribution in [0.3, 0.4) is 0 Å². The molecule has 3 nitrogen and oxygen atoms in total. The van der Waals surface area contributed by atoms with Gasteiger partial charge in [0.2, 0.25) is 0 Å². The molecule has 3 aromatic rings.